The van der Waals surface area contributed by atoms with Gasteiger partial charge in [-0.05, 0) is 34.3 Å². The molecular formula is C7H6N4OS2. The lowest BCUT2D eigenvalue weighted by molar-refractivity contribution is 0.112. The lowest BCUT2D eigenvalue weighted by atomic mass is 10.5. The van der Waals surface area contributed by atoms with Crippen LogP contribution in [0.3, 0.4) is 0 Å². The van der Waals surface area contributed by atoms with Gasteiger partial charge in [-0.15, -0.1) is 16.4 Å². The monoisotopic (exact) mass is 226 g/mol. The van der Waals surface area contributed by atoms with Crippen molar-refractivity contribution >= 4 is 29.4 Å². The lowest BCUT2D eigenvalue weighted by Crippen LogP contribution is -1.91. The highest BCUT2D eigenvalue weighted by Gasteiger charge is 2.06. The van der Waals surface area contributed by atoms with Gasteiger partial charge in [0, 0.05) is 7.05 Å². The van der Waals surface area contributed by atoms with Gasteiger partial charge in [0.15, 0.2) is 6.29 Å². The first kappa shape index (κ1) is 9.35. The molecule has 0 N–H and O–H groups in total. The fourth-order valence-corrected chi connectivity index (χ4v) is 2.64. The fourth-order valence-electron chi connectivity index (χ4n) is 0.850. The van der Waals surface area contributed by atoms with E-state index in [1.807, 2.05) is 6.07 Å². The molecule has 0 unspecified atom stereocenters. The van der Waals surface area contributed by atoms with E-state index in [1.165, 1.54) is 23.1 Å². The molecule has 2 aromatic heterocycles. The molecule has 0 atom stereocenters. The summed E-state index contributed by atoms with van der Waals surface area (Å²) in [6.45, 7) is 0. The van der Waals surface area contributed by atoms with Crippen molar-refractivity contribution in [3.63, 3.8) is 0 Å². The van der Waals surface area contributed by atoms with Crippen molar-refractivity contribution in [2.24, 2.45) is 7.05 Å². The molecule has 0 fully saturated rings. The van der Waals surface area contributed by atoms with Crippen LogP contribution < -0.4 is 0 Å². The maximum absolute atomic E-state index is 10.4. The highest BCUT2D eigenvalue weighted by molar-refractivity contribution is 8.01. The number of carbonyl (C=O) groups is 1. The van der Waals surface area contributed by atoms with Crippen LogP contribution in [-0.4, -0.2) is 26.5 Å². The molecule has 0 spiro atoms. The maximum atomic E-state index is 10.4. The summed E-state index contributed by atoms with van der Waals surface area (Å²) >= 11 is 2.87. The highest BCUT2D eigenvalue weighted by atomic mass is 32.2. The van der Waals surface area contributed by atoms with E-state index in [2.05, 4.69) is 15.5 Å². The van der Waals surface area contributed by atoms with Crippen molar-refractivity contribution in [3.8, 4) is 0 Å². The normalized spacial score (nSPS) is 10.4. The molecule has 0 saturated heterocycles. The summed E-state index contributed by atoms with van der Waals surface area (Å²) in [5.74, 6) is 0. The van der Waals surface area contributed by atoms with Gasteiger partial charge in [0.2, 0.25) is 5.16 Å². The molecular weight excluding hydrogens is 220 g/mol. The summed E-state index contributed by atoms with van der Waals surface area (Å²) in [7, 11) is 1.77. The largest absolute Gasteiger partial charge is 0.297 e. The van der Waals surface area contributed by atoms with Crippen molar-refractivity contribution in [1.29, 1.82) is 0 Å². The molecule has 0 amide bonds. The van der Waals surface area contributed by atoms with Crippen LogP contribution in [0.15, 0.2) is 21.5 Å². The van der Waals surface area contributed by atoms with Crippen molar-refractivity contribution in [3.05, 3.63) is 17.0 Å². The minimum Gasteiger partial charge on any atom is -0.297 e. The van der Waals surface area contributed by atoms with Crippen LogP contribution in [0.25, 0.3) is 0 Å². The van der Waals surface area contributed by atoms with Gasteiger partial charge >= 0.3 is 0 Å². The summed E-state index contributed by atoms with van der Waals surface area (Å²) in [4.78, 5) is 11.2. The van der Waals surface area contributed by atoms with Crippen LogP contribution in [0.2, 0.25) is 0 Å². The lowest BCUT2D eigenvalue weighted by Gasteiger charge is -1.93. The van der Waals surface area contributed by atoms with Gasteiger partial charge in [0.05, 0.1) is 9.09 Å². The Bertz CT molecular complexity index is 450. The second-order valence-electron chi connectivity index (χ2n) is 2.46. The topological polar surface area (TPSA) is 60.7 Å². The minimum atomic E-state index is 0.711. The van der Waals surface area contributed by atoms with E-state index >= 15 is 0 Å². The average molecular weight is 226 g/mol. The highest BCUT2D eigenvalue weighted by Crippen LogP contribution is 2.30. The molecule has 2 aromatic rings. The maximum Gasteiger partial charge on any atom is 0.214 e. The second-order valence-corrected chi connectivity index (χ2v) is 4.84. The molecule has 14 heavy (non-hydrogen) atoms. The Kier molecular flexibility index (Phi) is 2.60. The molecule has 7 heteroatoms. The summed E-state index contributed by atoms with van der Waals surface area (Å²) in [6, 6.07) is 3.66. The first-order valence-electron chi connectivity index (χ1n) is 3.75. The zero-order valence-electron chi connectivity index (χ0n) is 7.25. The summed E-state index contributed by atoms with van der Waals surface area (Å²) < 4.78 is 2.59. The van der Waals surface area contributed by atoms with Gasteiger partial charge in [0.25, 0.3) is 0 Å². The standard InChI is InChI=1S/C7H6N4OS2/c1-11-7(8-9-10-11)14-6-3-2-5(4-12)13-6/h2-4H,1H3. The molecule has 0 saturated carbocycles. The smallest absolute Gasteiger partial charge is 0.214 e. The number of aldehydes is 1. The Balaban J connectivity index is 2.18. The van der Waals surface area contributed by atoms with E-state index in [1.54, 1.807) is 17.8 Å². The number of carbonyl (C=O) groups excluding carboxylic acids is 1. The first-order chi connectivity index (χ1) is 6.79. The van der Waals surface area contributed by atoms with E-state index in [9.17, 15) is 4.79 Å². The molecule has 5 nitrogen and oxygen atoms in total. The Morgan fingerprint density at radius 3 is 3.00 bits per heavy atom. The number of hydrogen-bond donors (Lipinski definition) is 0. The zero-order valence-corrected chi connectivity index (χ0v) is 8.88. The molecule has 0 bridgehead atoms. The molecule has 0 radical (unpaired) electrons. The fraction of sp³-hybridized carbons (Fsp3) is 0.143. The third-order valence-electron chi connectivity index (χ3n) is 1.49. The third kappa shape index (κ3) is 1.83. The summed E-state index contributed by atoms with van der Waals surface area (Å²) in [6.07, 6.45) is 0.837. The third-order valence-corrected chi connectivity index (χ3v) is 3.66. The Labute approximate surface area is 88.1 Å². The predicted octanol–water partition coefficient (Wildman–Crippen LogP) is 1.24. The number of aromatic nitrogens is 4. The molecule has 0 aromatic carbocycles. The molecule has 0 aliphatic heterocycles. The first-order valence-corrected chi connectivity index (χ1v) is 5.38. The van der Waals surface area contributed by atoms with Gasteiger partial charge in [-0.2, -0.15) is 0 Å². The van der Waals surface area contributed by atoms with Crippen LogP contribution in [0, 0.1) is 0 Å². The van der Waals surface area contributed by atoms with Gasteiger partial charge < -0.3 is 0 Å². The second kappa shape index (κ2) is 3.89. The number of nitrogens with zero attached hydrogens (tertiary/aromatic N) is 4. The number of rotatable bonds is 3. The SMILES string of the molecule is Cn1nnnc1Sc1ccc(C=O)s1. The number of hydrogen-bond acceptors (Lipinski definition) is 6. The Morgan fingerprint density at radius 1 is 1.57 bits per heavy atom. The number of thiophene rings is 1. The van der Waals surface area contributed by atoms with Gasteiger partial charge in [-0.1, -0.05) is 0 Å². The van der Waals surface area contributed by atoms with Crippen LogP contribution in [0.1, 0.15) is 9.67 Å². The van der Waals surface area contributed by atoms with E-state index in [0.29, 0.717) is 10.0 Å². The van der Waals surface area contributed by atoms with Gasteiger partial charge in [-0.3, -0.25) is 4.79 Å². The van der Waals surface area contributed by atoms with Crippen LogP contribution >= 0.6 is 23.1 Å². The van der Waals surface area contributed by atoms with E-state index in [-0.39, 0.29) is 0 Å². The van der Waals surface area contributed by atoms with E-state index < -0.39 is 0 Å². The molecule has 72 valence electrons. The van der Waals surface area contributed by atoms with Crippen LogP contribution in [0.4, 0.5) is 0 Å². The minimum absolute atomic E-state index is 0.711. The molecule has 0 aliphatic carbocycles. The zero-order chi connectivity index (χ0) is 9.97. The Hall–Kier alpha value is -1.21. The van der Waals surface area contributed by atoms with Crippen molar-refractivity contribution < 1.29 is 4.79 Å². The molecule has 0 aliphatic rings. The van der Waals surface area contributed by atoms with Gasteiger partial charge in [0.1, 0.15) is 0 Å². The van der Waals surface area contributed by atoms with Gasteiger partial charge in [-0.25, -0.2) is 4.68 Å². The Morgan fingerprint density at radius 2 is 2.43 bits per heavy atom. The van der Waals surface area contributed by atoms with Crippen LogP contribution in [0.5, 0.6) is 0 Å². The van der Waals surface area contributed by atoms with Crippen molar-refractivity contribution in [2.75, 3.05) is 0 Å². The van der Waals surface area contributed by atoms with E-state index in [4.69, 9.17) is 0 Å². The van der Waals surface area contributed by atoms with Crippen molar-refractivity contribution in [2.45, 2.75) is 9.37 Å². The van der Waals surface area contributed by atoms with E-state index in [0.717, 1.165) is 10.5 Å². The molecule has 2 rings (SSSR count). The molecule has 2 heterocycles. The van der Waals surface area contributed by atoms with Crippen molar-refractivity contribution in [1.82, 2.24) is 20.2 Å². The summed E-state index contributed by atoms with van der Waals surface area (Å²) in [5.41, 5.74) is 0. The van der Waals surface area contributed by atoms with Crippen LogP contribution in [-0.2, 0) is 7.05 Å². The number of aryl methyl sites for hydroxylation is 1. The average Bonchev–Trinajstić information content (AvgIpc) is 2.77. The summed E-state index contributed by atoms with van der Waals surface area (Å²) in [5, 5.41) is 11.8. The number of tetrazole rings is 1. The quantitative estimate of drug-likeness (QED) is 0.737. The predicted molar refractivity (Wildman–Crippen MR) is 52.6 cm³/mol.